The first kappa shape index (κ1) is 16.0. The second-order valence-electron chi connectivity index (χ2n) is 8.06. The summed E-state index contributed by atoms with van der Waals surface area (Å²) < 4.78 is 0. The van der Waals surface area contributed by atoms with Crippen molar-refractivity contribution < 1.29 is 0 Å². The Bertz CT molecular complexity index is 249. The van der Waals surface area contributed by atoms with E-state index in [4.69, 9.17) is 0 Å². The van der Waals surface area contributed by atoms with Crippen molar-refractivity contribution in [1.29, 1.82) is 0 Å². The Balaban J connectivity index is 2.82. The number of hydrogen-bond acceptors (Lipinski definition) is 1. The second-order valence-corrected chi connectivity index (χ2v) is 8.06. The minimum Gasteiger partial charge on any atom is -0.314 e. The molecule has 0 aromatic rings. The summed E-state index contributed by atoms with van der Waals surface area (Å²) in [5, 5.41) is 3.83. The zero-order valence-corrected chi connectivity index (χ0v) is 13.8. The van der Waals surface area contributed by atoms with Gasteiger partial charge in [0.05, 0.1) is 0 Å². The summed E-state index contributed by atoms with van der Waals surface area (Å²) in [6.45, 7) is 18.0. The summed E-state index contributed by atoms with van der Waals surface area (Å²) in [6.07, 6.45) is 5.42. The molecular weight excluding hydrogens is 218 g/mol. The molecule has 0 amide bonds. The van der Waals surface area contributed by atoms with Crippen LogP contribution in [0.2, 0.25) is 0 Å². The fourth-order valence-corrected chi connectivity index (χ4v) is 3.36. The van der Waals surface area contributed by atoms with Crippen molar-refractivity contribution in [2.24, 2.45) is 22.7 Å². The Labute approximate surface area is 115 Å². The van der Waals surface area contributed by atoms with E-state index < -0.39 is 0 Å². The van der Waals surface area contributed by atoms with Gasteiger partial charge in [0.25, 0.3) is 0 Å². The van der Waals surface area contributed by atoms with E-state index in [1.54, 1.807) is 0 Å². The van der Waals surface area contributed by atoms with Gasteiger partial charge in [0, 0.05) is 6.04 Å². The minimum absolute atomic E-state index is 0.379. The van der Waals surface area contributed by atoms with Crippen LogP contribution >= 0.6 is 0 Å². The lowest BCUT2D eigenvalue weighted by atomic mass is 9.56. The largest absolute Gasteiger partial charge is 0.314 e. The average molecular weight is 253 g/mol. The molecule has 3 unspecified atom stereocenters. The zero-order chi connectivity index (χ0) is 14.0. The second kappa shape index (κ2) is 5.94. The predicted octanol–water partition coefficient (Wildman–Crippen LogP) is 4.86. The molecule has 3 atom stereocenters. The van der Waals surface area contributed by atoms with Crippen LogP contribution in [0, 0.1) is 22.7 Å². The molecule has 1 N–H and O–H groups in total. The molecule has 0 aromatic heterocycles. The van der Waals surface area contributed by atoms with Gasteiger partial charge in [0.15, 0.2) is 0 Å². The third-order valence-corrected chi connectivity index (χ3v) is 5.63. The normalized spacial score (nSPS) is 30.5. The lowest BCUT2D eigenvalue weighted by Crippen LogP contribution is -2.51. The third-order valence-electron chi connectivity index (χ3n) is 5.63. The fourth-order valence-electron chi connectivity index (χ4n) is 3.36. The molecule has 108 valence electrons. The van der Waals surface area contributed by atoms with E-state index in [0.717, 1.165) is 17.9 Å². The van der Waals surface area contributed by atoms with Crippen LogP contribution in [0.4, 0.5) is 0 Å². The van der Waals surface area contributed by atoms with Crippen LogP contribution in [0.5, 0.6) is 0 Å². The molecule has 0 spiro atoms. The Hall–Kier alpha value is -0.0400. The standard InChI is InChI=1S/C17H35N/c1-8-11-18-15-12-13(2)9-10-14(15)17(6,7)16(3,4)5/h13-15,18H,8-12H2,1-7H3. The van der Waals surface area contributed by atoms with Gasteiger partial charge < -0.3 is 5.32 Å². The van der Waals surface area contributed by atoms with Gasteiger partial charge in [-0.2, -0.15) is 0 Å². The van der Waals surface area contributed by atoms with Crippen molar-refractivity contribution in [3.05, 3.63) is 0 Å². The van der Waals surface area contributed by atoms with Gasteiger partial charge in [-0.05, 0) is 48.5 Å². The highest BCUT2D eigenvalue weighted by molar-refractivity contribution is 4.96. The summed E-state index contributed by atoms with van der Waals surface area (Å²) >= 11 is 0. The predicted molar refractivity (Wildman–Crippen MR) is 81.8 cm³/mol. The Kier molecular flexibility index (Phi) is 5.29. The molecule has 1 aliphatic rings. The molecule has 0 saturated heterocycles. The summed E-state index contributed by atoms with van der Waals surface area (Å²) in [7, 11) is 0. The zero-order valence-electron chi connectivity index (χ0n) is 13.8. The van der Waals surface area contributed by atoms with Gasteiger partial charge in [-0.3, -0.25) is 0 Å². The van der Waals surface area contributed by atoms with Gasteiger partial charge in [-0.1, -0.05) is 54.9 Å². The quantitative estimate of drug-likeness (QED) is 0.754. The van der Waals surface area contributed by atoms with Crippen molar-refractivity contribution in [2.45, 2.75) is 80.2 Å². The molecule has 0 aromatic carbocycles. The summed E-state index contributed by atoms with van der Waals surface area (Å²) in [5.41, 5.74) is 0.781. The first-order chi connectivity index (χ1) is 8.20. The van der Waals surface area contributed by atoms with Crippen LogP contribution in [0.25, 0.3) is 0 Å². The first-order valence-corrected chi connectivity index (χ1v) is 7.93. The molecule has 1 rings (SSSR count). The molecule has 0 bridgehead atoms. The van der Waals surface area contributed by atoms with Gasteiger partial charge in [0.1, 0.15) is 0 Å². The highest BCUT2D eigenvalue weighted by Crippen LogP contribution is 2.50. The van der Waals surface area contributed by atoms with E-state index in [-0.39, 0.29) is 0 Å². The molecule has 1 heteroatoms. The summed E-state index contributed by atoms with van der Waals surface area (Å²) in [6, 6.07) is 0.725. The average Bonchev–Trinajstić information content (AvgIpc) is 2.24. The molecule has 0 heterocycles. The van der Waals surface area contributed by atoms with Gasteiger partial charge in [-0.15, -0.1) is 0 Å². The molecule has 0 radical (unpaired) electrons. The molecule has 1 nitrogen and oxygen atoms in total. The number of rotatable bonds is 4. The van der Waals surface area contributed by atoms with Crippen LogP contribution in [0.3, 0.4) is 0 Å². The van der Waals surface area contributed by atoms with Crippen LogP contribution < -0.4 is 5.32 Å². The van der Waals surface area contributed by atoms with Crippen LogP contribution in [-0.2, 0) is 0 Å². The third kappa shape index (κ3) is 3.50. The van der Waals surface area contributed by atoms with Crippen molar-refractivity contribution in [1.82, 2.24) is 5.32 Å². The van der Waals surface area contributed by atoms with Crippen LogP contribution in [0.1, 0.15) is 74.1 Å². The monoisotopic (exact) mass is 253 g/mol. The van der Waals surface area contributed by atoms with Crippen molar-refractivity contribution in [3.8, 4) is 0 Å². The lowest BCUT2D eigenvalue weighted by molar-refractivity contribution is 0.00329. The smallest absolute Gasteiger partial charge is 0.0103 e. The fraction of sp³-hybridized carbons (Fsp3) is 1.00. The van der Waals surface area contributed by atoms with Crippen molar-refractivity contribution >= 4 is 0 Å². The van der Waals surface area contributed by atoms with Crippen molar-refractivity contribution in [2.75, 3.05) is 6.54 Å². The van der Waals surface area contributed by atoms with E-state index >= 15 is 0 Å². The Morgan fingerprint density at radius 1 is 1.06 bits per heavy atom. The number of nitrogens with one attached hydrogen (secondary N) is 1. The summed E-state index contributed by atoms with van der Waals surface area (Å²) in [5.74, 6) is 1.71. The molecule has 1 fully saturated rings. The molecule has 18 heavy (non-hydrogen) atoms. The maximum atomic E-state index is 3.83. The van der Waals surface area contributed by atoms with Crippen molar-refractivity contribution in [3.63, 3.8) is 0 Å². The van der Waals surface area contributed by atoms with Gasteiger partial charge in [-0.25, -0.2) is 0 Å². The highest BCUT2D eigenvalue weighted by Gasteiger charge is 2.44. The van der Waals surface area contributed by atoms with E-state index in [9.17, 15) is 0 Å². The maximum absolute atomic E-state index is 3.83. The first-order valence-electron chi connectivity index (χ1n) is 7.93. The van der Waals surface area contributed by atoms with Gasteiger partial charge in [0.2, 0.25) is 0 Å². The Morgan fingerprint density at radius 3 is 2.17 bits per heavy atom. The topological polar surface area (TPSA) is 12.0 Å². The van der Waals surface area contributed by atoms with E-state index in [0.29, 0.717) is 10.8 Å². The minimum atomic E-state index is 0.379. The molecule has 0 aliphatic heterocycles. The SMILES string of the molecule is CCCNC1CC(C)CCC1C(C)(C)C(C)(C)C. The molecule has 1 saturated carbocycles. The maximum Gasteiger partial charge on any atom is 0.0103 e. The van der Waals surface area contributed by atoms with Crippen LogP contribution in [0.15, 0.2) is 0 Å². The van der Waals surface area contributed by atoms with E-state index in [1.807, 2.05) is 0 Å². The molecular formula is C17H35N. The van der Waals surface area contributed by atoms with Gasteiger partial charge >= 0.3 is 0 Å². The lowest BCUT2D eigenvalue weighted by Gasteiger charge is -2.51. The van der Waals surface area contributed by atoms with E-state index in [2.05, 4.69) is 53.8 Å². The Morgan fingerprint density at radius 2 is 1.67 bits per heavy atom. The highest BCUT2D eigenvalue weighted by atomic mass is 14.9. The summed E-state index contributed by atoms with van der Waals surface area (Å²) in [4.78, 5) is 0. The van der Waals surface area contributed by atoms with Crippen LogP contribution in [-0.4, -0.2) is 12.6 Å². The van der Waals surface area contributed by atoms with E-state index in [1.165, 1.54) is 32.2 Å². The molecule has 1 aliphatic carbocycles. The number of hydrogen-bond donors (Lipinski definition) is 1.